The minimum Gasteiger partial charge on any atom is -0.467 e. The van der Waals surface area contributed by atoms with Gasteiger partial charge < -0.3 is 19.2 Å². The zero-order valence-corrected chi connectivity index (χ0v) is 16.5. The number of rotatable bonds is 8. The Morgan fingerprint density at radius 3 is 2.79 bits per heavy atom. The summed E-state index contributed by atoms with van der Waals surface area (Å²) in [6.45, 7) is 0.359. The third-order valence-electron chi connectivity index (χ3n) is 4.15. The number of carbonyl (C=O) groups is 3. The fourth-order valence-electron chi connectivity index (χ4n) is 2.72. The summed E-state index contributed by atoms with van der Waals surface area (Å²) in [7, 11) is 0. The minimum absolute atomic E-state index is 0.140. The zero-order chi connectivity index (χ0) is 20.5. The highest BCUT2D eigenvalue weighted by atomic mass is 32.2. The van der Waals surface area contributed by atoms with Crippen LogP contribution in [-0.4, -0.2) is 43.0 Å². The summed E-state index contributed by atoms with van der Waals surface area (Å²) in [5, 5.41) is 4.56. The number of imide groups is 1. The van der Waals surface area contributed by atoms with E-state index in [1.807, 2.05) is 12.1 Å². The van der Waals surface area contributed by atoms with Crippen LogP contribution in [0, 0.1) is 0 Å². The molecule has 0 radical (unpaired) electrons. The van der Waals surface area contributed by atoms with Gasteiger partial charge in [-0.1, -0.05) is 12.1 Å². The van der Waals surface area contributed by atoms with E-state index < -0.39 is 24.5 Å². The lowest BCUT2D eigenvalue weighted by Gasteiger charge is -2.12. The maximum absolute atomic E-state index is 12.4. The summed E-state index contributed by atoms with van der Waals surface area (Å²) in [6, 6.07) is 9.73. The molecule has 1 aromatic heterocycles. The van der Waals surface area contributed by atoms with Crippen molar-refractivity contribution >= 4 is 29.7 Å². The molecule has 2 N–H and O–H groups in total. The van der Waals surface area contributed by atoms with Crippen molar-refractivity contribution in [2.45, 2.75) is 30.4 Å². The summed E-state index contributed by atoms with van der Waals surface area (Å²) in [6.07, 6.45) is 3.74. The van der Waals surface area contributed by atoms with Crippen LogP contribution in [0.15, 0.2) is 52.0 Å². The Morgan fingerprint density at radius 1 is 1.17 bits per heavy atom. The first-order valence-electron chi connectivity index (χ1n) is 9.22. The van der Waals surface area contributed by atoms with Crippen LogP contribution in [0.1, 0.15) is 29.0 Å². The molecule has 1 aliphatic heterocycles. The average Bonchev–Trinajstić information content (AvgIpc) is 3.43. The maximum atomic E-state index is 12.4. The van der Waals surface area contributed by atoms with Crippen molar-refractivity contribution in [3.8, 4) is 0 Å². The molecule has 8 nitrogen and oxygen atoms in total. The molecule has 154 valence electrons. The molecule has 29 heavy (non-hydrogen) atoms. The molecule has 1 aliphatic rings. The van der Waals surface area contributed by atoms with E-state index in [0.717, 1.165) is 30.1 Å². The molecule has 2 aromatic rings. The van der Waals surface area contributed by atoms with Gasteiger partial charge in [-0.15, -0.1) is 11.8 Å². The van der Waals surface area contributed by atoms with Crippen molar-refractivity contribution in [3.63, 3.8) is 0 Å². The molecule has 3 rings (SSSR count). The lowest BCUT2D eigenvalue weighted by Crippen LogP contribution is -2.41. The predicted molar refractivity (Wildman–Crippen MR) is 106 cm³/mol. The SMILES string of the molecule is O=C(COC(=O)c1ccccc1SC[C@@H]1CCCO1)NC(=O)NCc1ccco1. The van der Waals surface area contributed by atoms with E-state index in [4.69, 9.17) is 13.9 Å². The summed E-state index contributed by atoms with van der Waals surface area (Å²) in [4.78, 5) is 36.7. The van der Waals surface area contributed by atoms with Crippen molar-refractivity contribution in [3.05, 3.63) is 54.0 Å². The molecule has 0 bridgehead atoms. The van der Waals surface area contributed by atoms with E-state index in [2.05, 4.69) is 10.6 Å². The van der Waals surface area contributed by atoms with Crippen LogP contribution in [-0.2, 0) is 20.8 Å². The third-order valence-corrected chi connectivity index (χ3v) is 5.35. The molecular formula is C20H22N2O6S. The predicted octanol–water partition coefficient (Wildman–Crippen LogP) is 2.73. The van der Waals surface area contributed by atoms with Crippen molar-refractivity contribution in [1.82, 2.24) is 10.6 Å². The van der Waals surface area contributed by atoms with Crippen molar-refractivity contribution in [2.24, 2.45) is 0 Å². The number of benzene rings is 1. The van der Waals surface area contributed by atoms with Crippen molar-refractivity contribution in [1.29, 1.82) is 0 Å². The third kappa shape index (κ3) is 6.65. The molecule has 1 fully saturated rings. The van der Waals surface area contributed by atoms with Gasteiger partial charge in [-0.05, 0) is 37.1 Å². The standard InChI is InChI=1S/C20H22N2O6S/c23-18(22-20(25)21-11-14-5-3-9-26-14)12-28-19(24)16-7-1-2-8-17(16)29-13-15-6-4-10-27-15/h1-3,5,7-9,15H,4,6,10-13H2,(H2,21,22,23,25)/t15-/m0/s1. The maximum Gasteiger partial charge on any atom is 0.339 e. The summed E-state index contributed by atoms with van der Waals surface area (Å²) >= 11 is 1.52. The second-order valence-corrected chi connectivity index (χ2v) is 7.39. The first-order chi connectivity index (χ1) is 14.1. The molecule has 9 heteroatoms. The smallest absolute Gasteiger partial charge is 0.339 e. The number of thioether (sulfide) groups is 1. The number of ether oxygens (including phenoxy) is 2. The number of urea groups is 1. The molecule has 0 unspecified atom stereocenters. The molecule has 0 spiro atoms. The van der Waals surface area contributed by atoms with Gasteiger partial charge >= 0.3 is 12.0 Å². The molecule has 2 heterocycles. The minimum atomic E-state index is -0.722. The highest BCUT2D eigenvalue weighted by Gasteiger charge is 2.19. The van der Waals surface area contributed by atoms with Gasteiger partial charge in [0, 0.05) is 17.3 Å². The van der Waals surface area contributed by atoms with Crippen LogP contribution in [0.4, 0.5) is 4.79 Å². The second kappa shape index (κ2) is 10.7. The van der Waals surface area contributed by atoms with Gasteiger partial charge in [0.25, 0.3) is 5.91 Å². The van der Waals surface area contributed by atoms with Crippen LogP contribution in [0.25, 0.3) is 0 Å². The van der Waals surface area contributed by atoms with Crippen LogP contribution in [0.3, 0.4) is 0 Å². The molecule has 1 aromatic carbocycles. The normalized spacial score (nSPS) is 15.7. The van der Waals surface area contributed by atoms with Gasteiger partial charge in [-0.3, -0.25) is 10.1 Å². The van der Waals surface area contributed by atoms with Gasteiger partial charge in [0.05, 0.1) is 24.5 Å². The number of carbonyl (C=O) groups excluding carboxylic acids is 3. The fourth-order valence-corrected chi connectivity index (χ4v) is 3.83. The van der Waals surface area contributed by atoms with E-state index in [1.165, 1.54) is 18.0 Å². The Kier molecular flexibility index (Phi) is 7.71. The van der Waals surface area contributed by atoms with Gasteiger partial charge in [0.15, 0.2) is 6.61 Å². The molecular weight excluding hydrogens is 396 g/mol. The second-order valence-electron chi connectivity index (χ2n) is 6.33. The zero-order valence-electron chi connectivity index (χ0n) is 15.7. The lowest BCUT2D eigenvalue weighted by molar-refractivity contribution is -0.123. The van der Waals surface area contributed by atoms with E-state index in [1.54, 1.807) is 24.3 Å². The summed E-state index contributed by atoms with van der Waals surface area (Å²) < 4.78 is 15.7. The molecule has 1 atom stereocenters. The van der Waals surface area contributed by atoms with E-state index in [0.29, 0.717) is 11.3 Å². The number of esters is 1. The Hall–Kier alpha value is -2.78. The van der Waals surface area contributed by atoms with E-state index in [-0.39, 0.29) is 12.6 Å². The molecule has 3 amide bonds. The van der Waals surface area contributed by atoms with Gasteiger partial charge in [-0.25, -0.2) is 9.59 Å². The van der Waals surface area contributed by atoms with Crippen LogP contribution in [0.5, 0.6) is 0 Å². The highest BCUT2D eigenvalue weighted by Crippen LogP contribution is 2.27. The number of amides is 3. The largest absolute Gasteiger partial charge is 0.467 e. The molecule has 1 saturated heterocycles. The first-order valence-corrected chi connectivity index (χ1v) is 10.2. The Bertz CT molecular complexity index is 833. The van der Waals surface area contributed by atoms with Crippen LogP contribution in [0.2, 0.25) is 0 Å². The summed E-state index contributed by atoms with van der Waals surface area (Å²) in [5.74, 6) is -0.0387. The number of hydrogen-bond acceptors (Lipinski definition) is 7. The Labute approximate surface area is 172 Å². The Balaban J connectivity index is 1.43. The molecule has 0 saturated carbocycles. The van der Waals surface area contributed by atoms with Crippen LogP contribution >= 0.6 is 11.8 Å². The van der Waals surface area contributed by atoms with Gasteiger partial charge in [0.1, 0.15) is 5.76 Å². The van der Waals surface area contributed by atoms with E-state index >= 15 is 0 Å². The van der Waals surface area contributed by atoms with Gasteiger partial charge in [-0.2, -0.15) is 0 Å². The number of nitrogens with one attached hydrogen (secondary N) is 2. The lowest BCUT2D eigenvalue weighted by atomic mass is 10.2. The topological polar surface area (TPSA) is 107 Å². The van der Waals surface area contributed by atoms with Gasteiger partial charge in [0.2, 0.25) is 0 Å². The average molecular weight is 418 g/mol. The van der Waals surface area contributed by atoms with Crippen molar-refractivity contribution in [2.75, 3.05) is 19.0 Å². The van der Waals surface area contributed by atoms with Crippen LogP contribution < -0.4 is 10.6 Å². The highest BCUT2D eigenvalue weighted by molar-refractivity contribution is 7.99. The fraction of sp³-hybridized carbons (Fsp3) is 0.350. The summed E-state index contributed by atoms with van der Waals surface area (Å²) in [5.41, 5.74) is 0.380. The van der Waals surface area contributed by atoms with Crippen molar-refractivity contribution < 1.29 is 28.3 Å². The Morgan fingerprint density at radius 2 is 2.03 bits per heavy atom. The molecule has 0 aliphatic carbocycles. The monoisotopic (exact) mass is 418 g/mol. The number of furan rings is 1. The first kappa shape index (κ1) is 20.9. The number of hydrogen-bond donors (Lipinski definition) is 2. The quantitative estimate of drug-likeness (QED) is 0.501. The van der Waals surface area contributed by atoms with E-state index in [9.17, 15) is 14.4 Å².